The molecule has 5 aromatic rings. The van der Waals surface area contributed by atoms with Gasteiger partial charge < -0.3 is 14.4 Å². The van der Waals surface area contributed by atoms with Crippen LogP contribution < -0.4 is 9.80 Å². The highest BCUT2D eigenvalue weighted by Gasteiger charge is 2.23. The van der Waals surface area contributed by atoms with Gasteiger partial charge in [0, 0.05) is 48.5 Å². The van der Waals surface area contributed by atoms with Gasteiger partial charge in [-0.05, 0) is 54.1 Å². The number of piperazine rings is 1. The van der Waals surface area contributed by atoms with Gasteiger partial charge in [0.1, 0.15) is 5.82 Å². The number of rotatable bonds is 4. The molecule has 34 heavy (non-hydrogen) atoms. The lowest BCUT2D eigenvalue weighted by molar-refractivity contribution is 0.622. The summed E-state index contributed by atoms with van der Waals surface area (Å²) >= 11 is 6.17. The third kappa shape index (κ3) is 3.84. The molecule has 0 saturated carbocycles. The highest BCUT2D eigenvalue weighted by Crippen LogP contribution is 2.30. The Balaban J connectivity index is 1.29. The second-order valence-corrected chi connectivity index (χ2v) is 9.02. The van der Waals surface area contributed by atoms with Crippen LogP contribution in [0.5, 0.6) is 0 Å². The average Bonchev–Trinajstić information content (AvgIpc) is 3.23. The SMILES string of the molecule is Fc1ccc(Cn2c(N3CCN(c4ccnc5cc(Cl)ccc45)CC3)nc3ccccc32)cc1. The number of halogens is 2. The zero-order chi connectivity index (χ0) is 23.1. The first kappa shape index (κ1) is 20.9. The molecule has 0 amide bonds. The summed E-state index contributed by atoms with van der Waals surface area (Å²) < 4.78 is 15.7. The lowest BCUT2D eigenvalue weighted by atomic mass is 10.1. The lowest BCUT2D eigenvalue weighted by Gasteiger charge is -2.37. The molecule has 2 aromatic heterocycles. The molecule has 0 atom stereocenters. The van der Waals surface area contributed by atoms with Crippen molar-refractivity contribution in [2.75, 3.05) is 36.0 Å². The maximum Gasteiger partial charge on any atom is 0.206 e. The smallest absolute Gasteiger partial charge is 0.206 e. The quantitative estimate of drug-likeness (QED) is 0.334. The van der Waals surface area contributed by atoms with Gasteiger partial charge >= 0.3 is 0 Å². The van der Waals surface area contributed by atoms with Gasteiger partial charge in [-0.3, -0.25) is 4.98 Å². The number of hydrogen-bond acceptors (Lipinski definition) is 4. The van der Waals surface area contributed by atoms with E-state index in [1.165, 1.54) is 17.8 Å². The van der Waals surface area contributed by atoms with Crippen LogP contribution in [0.4, 0.5) is 16.0 Å². The van der Waals surface area contributed by atoms with Gasteiger partial charge in [-0.15, -0.1) is 0 Å². The van der Waals surface area contributed by atoms with Crippen LogP contribution in [-0.2, 0) is 6.54 Å². The summed E-state index contributed by atoms with van der Waals surface area (Å²) in [5.41, 5.74) is 5.20. The Hall–Kier alpha value is -3.64. The Morgan fingerprint density at radius 2 is 1.59 bits per heavy atom. The van der Waals surface area contributed by atoms with Gasteiger partial charge in [0.25, 0.3) is 0 Å². The summed E-state index contributed by atoms with van der Waals surface area (Å²) in [5, 5.41) is 1.81. The Bertz CT molecular complexity index is 1470. The molecule has 0 bridgehead atoms. The maximum atomic E-state index is 13.4. The lowest BCUT2D eigenvalue weighted by Crippen LogP contribution is -2.47. The van der Waals surface area contributed by atoms with Crippen molar-refractivity contribution in [3.8, 4) is 0 Å². The van der Waals surface area contributed by atoms with Crippen molar-refractivity contribution in [3.63, 3.8) is 0 Å². The summed E-state index contributed by atoms with van der Waals surface area (Å²) in [5.74, 6) is 0.734. The highest BCUT2D eigenvalue weighted by molar-refractivity contribution is 6.31. The molecule has 5 nitrogen and oxygen atoms in total. The van der Waals surface area contributed by atoms with E-state index in [-0.39, 0.29) is 5.82 Å². The molecule has 3 heterocycles. The van der Waals surface area contributed by atoms with Crippen molar-refractivity contribution < 1.29 is 4.39 Å². The fourth-order valence-corrected chi connectivity index (χ4v) is 4.93. The van der Waals surface area contributed by atoms with Crippen LogP contribution in [0.15, 0.2) is 79.0 Å². The molecular formula is C27H23ClFN5. The van der Waals surface area contributed by atoms with E-state index >= 15 is 0 Å². The van der Waals surface area contributed by atoms with Crippen LogP contribution >= 0.6 is 11.6 Å². The van der Waals surface area contributed by atoms with E-state index in [0.29, 0.717) is 11.6 Å². The predicted octanol–water partition coefficient (Wildman–Crippen LogP) is 5.75. The van der Waals surface area contributed by atoms with Gasteiger partial charge in [-0.2, -0.15) is 0 Å². The molecular weight excluding hydrogens is 449 g/mol. The number of para-hydroxylation sites is 2. The topological polar surface area (TPSA) is 37.2 Å². The van der Waals surface area contributed by atoms with E-state index < -0.39 is 0 Å². The van der Waals surface area contributed by atoms with E-state index in [0.717, 1.165) is 59.6 Å². The molecule has 1 saturated heterocycles. The second-order valence-electron chi connectivity index (χ2n) is 8.58. The molecule has 6 rings (SSSR count). The molecule has 0 aliphatic carbocycles. The van der Waals surface area contributed by atoms with Crippen LogP contribution in [0.25, 0.3) is 21.9 Å². The van der Waals surface area contributed by atoms with E-state index in [1.807, 2.05) is 48.7 Å². The van der Waals surface area contributed by atoms with Crippen LogP contribution in [0.3, 0.4) is 0 Å². The van der Waals surface area contributed by atoms with Gasteiger partial charge in [0.15, 0.2) is 0 Å². The third-order valence-electron chi connectivity index (χ3n) is 6.47. The van der Waals surface area contributed by atoms with Crippen LogP contribution in [0.1, 0.15) is 5.56 Å². The van der Waals surface area contributed by atoms with Crippen molar-refractivity contribution in [2.24, 2.45) is 0 Å². The number of pyridine rings is 1. The van der Waals surface area contributed by atoms with E-state index in [9.17, 15) is 4.39 Å². The molecule has 1 aliphatic rings. The molecule has 0 N–H and O–H groups in total. The molecule has 1 aliphatic heterocycles. The monoisotopic (exact) mass is 471 g/mol. The fourth-order valence-electron chi connectivity index (χ4n) is 4.76. The number of benzene rings is 3. The van der Waals surface area contributed by atoms with Crippen molar-refractivity contribution in [2.45, 2.75) is 6.54 Å². The first-order valence-electron chi connectivity index (χ1n) is 11.4. The molecule has 0 unspecified atom stereocenters. The molecule has 170 valence electrons. The van der Waals surface area contributed by atoms with Crippen LogP contribution in [0, 0.1) is 5.82 Å². The third-order valence-corrected chi connectivity index (χ3v) is 6.71. The Morgan fingerprint density at radius 1 is 0.824 bits per heavy atom. The highest BCUT2D eigenvalue weighted by atomic mass is 35.5. The number of hydrogen-bond donors (Lipinski definition) is 0. The molecule has 0 radical (unpaired) electrons. The number of aromatic nitrogens is 3. The standard InChI is InChI=1S/C27H23ClFN5/c28-20-7-10-22-24(17-20)30-12-11-25(22)32-13-15-33(16-14-32)27-31-23-3-1-2-4-26(23)34(27)18-19-5-8-21(29)9-6-19/h1-12,17H,13-16,18H2. The van der Waals surface area contributed by atoms with Gasteiger partial charge in [-0.1, -0.05) is 35.9 Å². The number of imidazole rings is 1. The second kappa shape index (κ2) is 8.61. The maximum absolute atomic E-state index is 13.4. The Kier molecular flexibility index (Phi) is 5.30. The van der Waals surface area contributed by atoms with Crippen molar-refractivity contribution in [3.05, 3.63) is 95.4 Å². The van der Waals surface area contributed by atoms with Gasteiger partial charge in [-0.25, -0.2) is 9.37 Å². The number of nitrogens with zero attached hydrogens (tertiary/aromatic N) is 5. The number of anilines is 2. The zero-order valence-electron chi connectivity index (χ0n) is 18.5. The van der Waals surface area contributed by atoms with Crippen molar-refractivity contribution in [1.29, 1.82) is 0 Å². The van der Waals surface area contributed by atoms with Gasteiger partial charge in [0.05, 0.1) is 23.1 Å². The van der Waals surface area contributed by atoms with E-state index in [1.54, 1.807) is 0 Å². The minimum Gasteiger partial charge on any atom is -0.367 e. The van der Waals surface area contributed by atoms with Crippen molar-refractivity contribution >= 4 is 45.2 Å². The summed E-state index contributed by atoms with van der Waals surface area (Å²) in [6.07, 6.45) is 1.85. The van der Waals surface area contributed by atoms with Crippen LogP contribution in [-0.4, -0.2) is 40.7 Å². The largest absolute Gasteiger partial charge is 0.367 e. The number of fused-ring (bicyclic) bond motifs is 2. The molecule has 1 fully saturated rings. The Morgan fingerprint density at radius 3 is 2.41 bits per heavy atom. The van der Waals surface area contributed by atoms with Crippen molar-refractivity contribution in [1.82, 2.24) is 14.5 Å². The van der Waals surface area contributed by atoms with E-state index in [2.05, 4.69) is 37.5 Å². The minimum absolute atomic E-state index is 0.221. The molecule has 0 spiro atoms. The Labute approximate surface area is 202 Å². The summed E-state index contributed by atoms with van der Waals surface area (Å²) in [6, 6.07) is 22.9. The van der Waals surface area contributed by atoms with E-state index in [4.69, 9.17) is 16.6 Å². The normalized spacial score (nSPS) is 14.3. The van der Waals surface area contributed by atoms with Crippen LogP contribution in [0.2, 0.25) is 5.02 Å². The predicted molar refractivity (Wildman–Crippen MR) is 136 cm³/mol. The summed E-state index contributed by atoms with van der Waals surface area (Å²) in [7, 11) is 0. The summed E-state index contributed by atoms with van der Waals surface area (Å²) in [4.78, 5) is 14.2. The minimum atomic E-state index is -0.221. The fraction of sp³-hybridized carbons (Fsp3) is 0.185. The molecule has 7 heteroatoms. The first-order valence-corrected chi connectivity index (χ1v) is 11.8. The molecule has 3 aromatic carbocycles. The first-order chi connectivity index (χ1) is 16.7. The summed E-state index contributed by atoms with van der Waals surface area (Å²) in [6.45, 7) is 4.10. The average molecular weight is 472 g/mol. The van der Waals surface area contributed by atoms with Gasteiger partial charge in [0.2, 0.25) is 5.95 Å². The zero-order valence-corrected chi connectivity index (χ0v) is 19.3.